The number of carbonyl (C=O) groups excluding carboxylic acids is 3. The lowest BCUT2D eigenvalue weighted by atomic mass is 10.1. The molecule has 0 aliphatic carbocycles. The minimum Gasteiger partial charge on any atom is -0.451 e. The fourth-order valence-electron chi connectivity index (χ4n) is 3.15. The number of nitrogens with zero attached hydrogens (tertiary/aromatic N) is 2. The third kappa shape index (κ3) is 5.29. The van der Waals surface area contributed by atoms with Gasteiger partial charge in [0.1, 0.15) is 0 Å². The molecule has 1 unspecified atom stereocenters. The minimum absolute atomic E-state index is 0.102. The first-order valence-electron chi connectivity index (χ1n) is 10.5. The third-order valence-corrected chi connectivity index (χ3v) is 4.97. The Morgan fingerprint density at radius 1 is 0.906 bits per heavy atom. The van der Waals surface area contributed by atoms with Crippen LogP contribution in [-0.2, 0) is 9.53 Å². The van der Waals surface area contributed by atoms with Crippen LogP contribution >= 0.6 is 0 Å². The summed E-state index contributed by atoms with van der Waals surface area (Å²) in [7, 11) is 0. The van der Waals surface area contributed by atoms with Gasteiger partial charge in [-0.05, 0) is 75.4 Å². The summed E-state index contributed by atoms with van der Waals surface area (Å²) in [5.74, 6) is -1.14. The quantitative estimate of drug-likeness (QED) is 0.437. The van der Waals surface area contributed by atoms with E-state index < -0.39 is 12.1 Å². The van der Waals surface area contributed by atoms with Gasteiger partial charge in [-0.3, -0.25) is 9.59 Å². The van der Waals surface area contributed by atoms with Gasteiger partial charge in [0.05, 0.1) is 16.9 Å². The number of hydrogen-bond donors (Lipinski definition) is 1. The molecule has 0 radical (unpaired) electrons. The molecular formula is C25H27N3O4. The van der Waals surface area contributed by atoms with E-state index in [-0.39, 0.29) is 17.6 Å². The number of amides is 1. The third-order valence-electron chi connectivity index (χ3n) is 4.97. The molecule has 1 N–H and O–H groups in total. The SMILES string of the molecule is Cc1cc(C)n(-c2ccc(C(=O)OC(C)C(=O)c3ccc(NC(=O)C(C)C)cc3)cc2)n1. The van der Waals surface area contributed by atoms with Gasteiger partial charge in [-0.15, -0.1) is 0 Å². The molecule has 1 amide bonds. The molecule has 0 aliphatic heterocycles. The molecule has 0 saturated heterocycles. The number of nitrogens with one attached hydrogen (secondary N) is 1. The molecule has 3 aromatic rings. The van der Waals surface area contributed by atoms with E-state index in [1.807, 2.05) is 19.9 Å². The van der Waals surface area contributed by atoms with Crippen molar-refractivity contribution in [2.75, 3.05) is 5.32 Å². The Labute approximate surface area is 187 Å². The molecule has 2 aromatic carbocycles. The van der Waals surface area contributed by atoms with Gasteiger partial charge in [-0.2, -0.15) is 5.10 Å². The first-order valence-corrected chi connectivity index (χ1v) is 10.5. The van der Waals surface area contributed by atoms with Gasteiger partial charge in [-0.1, -0.05) is 13.8 Å². The first kappa shape index (κ1) is 22.9. The number of anilines is 1. The molecule has 1 atom stereocenters. The number of ether oxygens (including phenoxy) is 1. The fourth-order valence-corrected chi connectivity index (χ4v) is 3.15. The van der Waals surface area contributed by atoms with Crippen LogP contribution in [0.1, 0.15) is 52.9 Å². The molecule has 0 spiro atoms. The molecule has 32 heavy (non-hydrogen) atoms. The van der Waals surface area contributed by atoms with Crippen molar-refractivity contribution in [2.24, 2.45) is 5.92 Å². The van der Waals surface area contributed by atoms with Gasteiger partial charge in [0.2, 0.25) is 11.7 Å². The molecule has 7 heteroatoms. The number of esters is 1. The van der Waals surface area contributed by atoms with Crippen molar-refractivity contribution in [3.05, 3.63) is 77.1 Å². The Kier molecular flexibility index (Phi) is 6.88. The fraction of sp³-hybridized carbons (Fsp3) is 0.280. The number of hydrogen-bond acceptors (Lipinski definition) is 5. The average Bonchev–Trinajstić information content (AvgIpc) is 3.11. The number of ketones is 1. The van der Waals surface area contributed by atoms with Crippen LogP contribution < -0.4 is 5.32 Å². The highest BCUT2D eigenvalue weighted by atomic mass is 16.5. The van der Waals surface area contributed by atoms with E-state index in [0.29, 0.717) is 16.8 Å². The molecule has 0 aliphatic rings. The zero-order chi connectivity index (χ0) is 23.4. The van der Waals surface area contributed by atoms with Crippen LogP contribution in [0.2, 0.25) is 0 Å². The molecule has 0 bridgehead atoms. The van der Waals surface area contributed by atoms with E-state index in [2.05, 4.69) is 10.4 Å². The monoisotopic (exact) mass is 433 g/mol. The highest BCUT2D eigenvalue weighted by Crippen LogP contribution is 2.16. The van der Waals surface area contributed by atoms with Gasteiger partial charge in [0.15, 0.2) is 6.10 Å². The normalized spacial score (nSPS) is 11.8. The summed E-state index contributed by atoms with van der Waals surface area (Å²) in [5.41, 5.74) is 4.09. The van der Waals surface area contributed by atoms with Gasteiger partial charge in [0.25, 0.3) is 0 Å². The van der Waals surface area contributed by atoms with E-state index in [4.69, 9.17) is 4.74 Å². The highest BCUT2D eigenvalue weighted by molar-refractivity contribution is 6.02. The Balaban J connectivity index is 1.63. The minimum atomic E-state index is -0.950. The number of carbonyl (C=O) groups is 3. The molecule has 0 saturated carbocycles. The van der Waals surface area contributed by atoms with Crippen LogP contribution in [0.15, 0.2) is 54.6 Å². The van der Waals surface area contributed by atoms with Crippen molar-refractivity contribution in [1.82, 2.24) is 9.78 Å². The molecule has 166 valence electrons. The lowest BCUT2D eigenvalue weighted by molar-refractivity contribution is -0.118. The Hall–Kier alpha value is -3.74. The maximum Gasteiger partial charge on any atom is 0.338 e. The molecule has 1 heterocycles. The zero-order valence-corrected chi connectivity index (χ0v) is 18.9. The number of benzene rings is 2. The van der Waals surface area contributed by atoms with Gasteiger partial charge in [0, 0.05) is 22.9 Å². The van der Waals surface area contributed by atoms with Crippen molar-refractivity contribution in [1.29, 1.82) is 0 Å². The van der Waals surface area contributed by atoms with Crippen molar-refractivity contribution in [3.63, 3.8) is 0 Å². The first-order chi connectivity index (χ1) is 15.2. The van der Waals surface area contributed by atoms with Crippen LogP contribution in [0.5, 0.6) is 0 Å². The number of aromatic nitrogens is 2. The topological polar surface area (TPSA) is 90.3 Å². The van der Waals surface area contributed by atoms with Gasteiger partial charge < -0.3 is 10.1 Å². The van der Waals surface area contributed by atoms with Crippen molar-refractivity contribution >= 4 is 23.3 Å². The molecular weight excluding hydrogens is 406 g/mol. The predicted molar refractivity (Wildman–Crippen MR) is 122 cm³/mol. The van der Waals surface area contributed by atoms with Gasteiger partial charge in [-0.25, -0.2) is 9.48 Å². The summed E-state index contributed by atoms with van der Waals surface area (Å²) in [4.78, 5) is 36.9. The highest BCUT2D eigenvalue weighted by Gasteiger charge is 2.21. The van der Waals surface area contributed by atoms with E-state index in [0.717, 1.165) is 17.1 Å². The van der Waals surface area contributed by atoms with E-state index in [9.17, 15) is 14.4 Å². The summed E-state index contributed by atoms with van der Waals surface area (Å²) in [6, 6.07) is 15.4. The maximum atomic E-state index is 12.7. The number of Topliss-reactive ketones (excluding diaryl/α,β-unsaturated/α-hetero) is 1. The Bertz CT molecular complexity index is 1130. The van der Waals surface area contributed by atoms with Crippen LogP contribution in [0.25, 0.3) is 5.69 Å². The smallest absolute Gasteiger partial charge is 0.338 e. The standard InChI is InChI=1S/C25H27N3O4/c1-15(2)24(30)26-21-10-6-19(7-11-21)23(29)18(5)32-25(31)20-8-12-22(13-9-20)28-17(4)14-16(3)27-28/h6-15,18H,1-5H3,(H,26,30). The number of aryl methyl sites for hydroxylation is 2. The predicted octanol–water partition coefficient (Wildman–Crippen LogP) is 4.51. The Morgan fingerprint density at radius 2 is 1.50 bits per heavy atom. The second-order valence-corrected chi connectivity index (χ2v) is 8.02. The average molecular weight is 434 g/mol. The molecule has 3 rings (SSSR count). The summed E-state index contributed by atoms with van der Waals surface area (Å²) in [6.07, 6.45) is -0.950. The lowest BCUT2D eigenvalue weighted by Gasteiger charge is -2.13. The maximum absolute atomic E-state index is 12.7. The van der Waals surface area contributed by atoms with Crippen LogP contribution in [-0.4, -0.2) is 33.5 Å². The van der Waals surface area contributed by atoms with E-state index in [1.54, 1.807) is 74.0 Å². The summed E-state index contributed by atoms with van der Waals surface area (Å²) < 4.78 is 7.17. The second-order valence-electron chi connectivity index (χ2n) is 8.02. The van der Waals surface area contributed by atoms with Crippen LogP contribution in [0.3, 0.4) is 0 Å². The second kappa shape index (κ2) is 9.60. The van der Waals surface area contributed by atoms with E-state index in [1.165, 1.54) is 0 Å². The summed E-state index contributed by atoms with van der Waals surface area (Å²) in [6.45, 7) is 9.02. The van der Waals surface area contributed by atoms with Crippen molar-refractivity contribution in [2.45, 2.75) is 40.7 Å². The van der Waals surface area contributed by atoms with Gasteiger partial charge >= 0.3 is 5.97 Å². The van der Waals surface area contributed by atoms with Crippen molar-refractivity contribution < 1.29 is 19.1 Å². The van der Waals surface area contributed by atoms with Crippen LogP contribution in [0.4, 0.5) is 5.69 Å². The molecule has 1 aromatic heterocycles. The van der Waals surface area contributed by atoms with E-state index >= 15 is 0 Å². The molecule has 7 nitrogen and oxygen atoms in total. The Morgan fingerprint density at radius 3 is 2.03 bits per heavy atom. The van der Waals surface area contributed by atoms with Crippen LogP contribution in [0, 0.1) is 19.8 Å². The summed E-state index contributed by atoms with van der Waals surface area (Å²) >= 11 is 0. The molecule has 0 fully saturated rings. The number of rotatable bonds is 7. The lowest BCUT2D eigenvalue weighted by Crippen LogP contribution is -2.24. The largest absolute Gasteiger partial charge is 0.451 e. The zero-order valence-electron chi connectivity index (χ0n) is 18.9. The van der Waals surface area contributed by atoms with Crippen molar-refractivity contribution in [3.8, 4) is 5.69 Å². The summed E-state index contributed by atoms with van der Waals surface area (Å²) in [5, 5.41) is 7.19.